The Kier molecular flexibility index (Phi) is 6.09. The fraction of sp³-hybridized carbons (Fsp3) is 0.909. The summed E-state index contributed by atoms with van der Waals surface area (Å²) < 4.78 is 35.9. The van der Waals surface area contributed by atoms with Crippen LogP contribution in [0.3, 0.4) is 0 Å². The molecule has 0 heterocycles. The molecule has 1 unspecified atom stereocenters. The molecule has 0 aliphatic carbocycles. The molecule has 0 bridgehead atoms. The third-order valence-electron chi connectivity index (χ3n) is 2.73. The van der Waals surface area contributed by atoms with Gasteiger partial charge in [-0.1, -0.05) is 13.8 Å². The summed E-state index contributed by atoms with van der Waals surface area (Å²) >= 11 is 0. The first kappa shape index (κ1) is 17.2. The van der Waals surface area contributed by atoms with Crippen molar-refractivity contribution in [1.82, 2.24) is 10.2 Å². The van der Waals surface area contributed by atoms with E-state index in [9.17, 15) is 18.0 Å². The van der Waals surface area contributed by atoms with E-state index < -0.39 is 24.7 Å². The zero-order valence-corrected chi connectivity index (χ0v) is 11.3. The van der Waals surface area contributed by atoms with Gasteiger partial charge in [-0.25, -0.2) is 0 Å². The molecule has 3 N–H and O–H groups in total. The maximum absolute atomic E-state index is 12.0. The number of likely N-dealkylation sites (N-methyl/N-ethyl adjacent to an activating group) is 1. The smallest absolute Gasteiger partial charge is 0.346 e. The van der Waals surface area contributed by atoms with Crippen molar-refractivity contribution in [2.75, 3.05) is 26.7 Å². The van der Waals surface area contributed by atoms with Gasteiger partial charge in [-0.2, -0.15) is 13.2 Å². The first-order valence-corrected chi connectivity index (χ1v) is 5.73. The number of alkyl halides is 3. The average Bonchev–Trinajstić information content (AvgIpc) is 2.23. The van der Waals surface area contributed by atoms with Gasteiger partial charge >= 0.3 is 6.18 Å². The second kappa shape index (κ2) is 6.38. The van der Waals surface area contributed by atoms with E-state index in [1.165, 1.54) is 0 Å². The number of hydrogen-bond donors (Lipinski definition) is 2. The van der Waals surface area contributed by atoms with E-state index in [0.717, 1.165) is 0 Å². The Morgan fingerprint density at radius 3 is 2.28 bits per heavy atom. The fourth-order valence-electron chi connectivity index (χ4n) is 1.41. The largest absolute Gasteiger partial charge is 0.405 e. The van der Waals surface area contributed by atoms with E-state index in [1.807, 2.05) is 19.2 Å². The van der Waals surface area contributed by atoms with Gasteiger partial charge in [0.15, 0.2) is 0 Å². The minimum absolute atomic E-state index is 0.187. The second-order valence-corrected chi connectivity index (χ2v) is 5.29. The lowest BCUT2D eigenvalue weighted by molar-refractivity contribution is -0.141. The molecule has 1 amide bonds. The number of nitrogens with one attached hydrogen (secondary N) is 1. The Hall–Kier alpha value is -0.820. The topological polar surface area (TPSA) is 58.4 Å². The molecule has 0 aromatic carbocycles. The summed E-state index contributed by atoms with van der Waals surface area (Å²) in [6.45, 7) is 5.11. The molecule has 1 atom stereocenters. The molecule has 7 heteroatoms. The summed E-state index contributed by atoms with van der Waals surface area (Å²) in [6, 6.07) is -0.627. The number of hydrogen-bond acceptors (Lipinski definition) is 3. The molecule has 0 aliphatic heterocycles. The van der Waals surface area contributed by atoms with Crippen LogP contribution in [0.4, 0.5) is 13.2 Å². The summed E-state index contributed by atoms with van der Waals surface area (Å²) in [4.78, 5) is 13.2. The van der Waals surface area contributed by atoms with Crippen LogP contribution in [0.2, 0.25) is 0 Å². The quantitative estimate of drug-likeness (QED) is 0.755. The van der Waals surface area contributed by atoms with E-state index in [4.69, 9.17) is 5.73 Å². The number of carbonyl (C=O) groups is 1. The molecule has 108 valence electrons. The molecule has 0 aliphatic rings. The Balaban J connectivity index is 4.29. The summed E-state index contributed by atoms with van der Waals surface area (Å²) in [7, 11) is 1.69. The summed E-state index contributed by atoms with van der Waals surface area (Å²) in [6.07, 6.45) is -4.38. The highest BCUT2D eigenvalue weighted by atomic mass is 19.4. The zero-order valence-electron chi connectivity index (χ0n) is 11.3. The van der Waals surface area contributed by atoms with Crippen molar-refractivity contribution in [3.63, 3.8) is 0 Å². The van der Waals surface area contributed by atoms with E-state index in [1.54, 1.807) is 18.9 Å². The Morgan fingerprint density at radius 2 is 1.89 bits per heavy atom. The Morgan fingerprint density at radius 1 is 1.39 bits per heavy atom. The third-order valence-corrected chi connectivity index (χ3v) is 2.73. The Labute approximate surface area is 106 Å². The first-order chi connectivity index (χ1) is 7.98. The van der Waals surface area contributed by atoms with Crippen molar-refractivity contribution < 1.29 is 18.0 Å². The van der Waals surface area contributed by atoms with Gasteiger partial charge in [0.2, 0.25) is 5.91 Å². The van der Waals surface area contributed by atoms with Crippen molar-refractivity contribution in [3.8, 4) is 0 Å². The summed E-state index contributed by atoms with van der Waals surface area (Å²) in [5.74, 6) is -0.636. The molecular weight excluding hydrogens is 247 g/mol. The van der Waals surface area contributed by atoms with Crippen LogP contribution in [-0.4, -0.2) is 49.7 Å². The van der Waals surface area contributed by atoms with Crippen LogP contribution in [0.25, 0.3) is 0 Å². The molecule has 0 radical (unpaired) electrons. The van der Waals surface area contributed by atoms with Gasteiger partial charge in [0, 0.05) is 6.54 Å². The zero-order chi connectivity index (χ0) is 14.6. The maximum Gasteiger partial charge on any atom is 0.405 e. The number of amides is 1. The minimum atomic E-state index is -4.38. The first-order valence-electron chi connectivity index (χ1n) is 5.73. The molecule has 0 aromatic heterocycles. The van der Waals surface area contributed by atoms with Gasteiger partial charge < -0.3 is 11.1 Å². The summed E-state index contributed by atoms with van der Waals surface area (Å²) in [5.41, 5.74) is 5.38. The maximum atomic E-state index is 12.0. The highest BCUT2D eigenvalue weighted by Crippen LogP contribution is 2.16. The van der Waals surface area contributed by atoms with Crippen LogP contribution in [0.1, 0.15) is 20.8 Å². The summed E-state index contributed by atoms with van der Waals surface area (Å²) in [5, 5.41) is 1.87. The number of nitrogens with two attached hydrogens (primary N) is 1. The van der Waals surface area contributed by atoms with Crippen LogP contribution in [0.5, 0.6) is 0 Å². The third kappa shape index (κ3) is 6.80. The monoisotopic (exact) mass is 269 g/mol. The van der Waals surface area contributed by atoms with Gasteiger partial charge in [-0.3, -0.25) is 9.69 Å². The van der Waals surface area contributed by atoms with Crippen molar-refractivity contribution in [3.05, 3.63) is 0 Å². The second-order valence-electron chi connectivity index (χ2n) is 5.29. The van der Waals surface area contributed by atoms with Gasteiger partial charge in [0.25, 0.3) is 0 Å². The van der Waals surface area contributed by atoms with Crippen molar-refractivity contribution in [2.45, 2.75) is 33.0 Å². The van der Waals surface area contributed by atoms with Crippen LogP contribution in [-0.2, 0) is 4.79 Å². The number of carbonyl (C=O) groups excluding carboxylic acids is 1. The fourth-order valence-corrected chi connectivity index (χ4v) is 1.41. The lowest BCUT2D eigenvalue weighted by atomic mass is 9.93. The SMILES string of the molecule is CC(C(=O)NCC(F)(F)F)N(C)CC(C)(C)CN. The minimum Gasteiger partial charge on any atom is -0.346 e. The molecule has 0 spiro atoms. The van der Waals surface area contributed by atoms with Gasteiger partial charge in [-0.05, 0) is 25.9 Å². The van der Waals surface area contributed by atoms with Gasteiger partial charge in [-0.15, -0.1) is 0 Å². The van der Waals surface area contributed by atoms with E-state index >= 15 is 0 Å². The number of nitrogens with zero attached hydrogens (tertiary/aromatic N) is 1. The molecule has 0 fully saturated rings. The normalized spacial score (nSPS) is 14.7. The molecular formula is C11H22F3N3O. The van der Waals surface area contributed by atoms with Crippen LogP contribution < -0.4 is 11.1 Å². The van der Waals surface area contributed by atoms with Crippen molar-refractivity contribution >= 4 is 5.91 Å². The van der Waals surface area contributed by atoms with Crippen LogP contribution >= 0.6 is 0 Å². The van der Waals surface area contributed by atoms with Crippen LogP contribution in [0.15, 0.2) is 0 Å². The predicted molar refractivity (Wildman–Crippen MR) is 64.0 cm³/mol. The molecule has 0 saturated carbocycles. The molecule has 18 heavy (non-hydrogen) atoms. The van der Waals surface area contributed by atoms with E-state index in [-0.39, 0.29) is 5.41 Å². The van der Waals surface area contributed by atoms with Gasteiger partial charge in [0.05, 0.1) is 6.04 Å². The number of rotatable bonds is 6. The highest BCUT2D eigenvalue weighted by Gasteiger charge is 2.30. The molecule has 0 aromatic rings. The van der Waals surface area contributed by atoms with Crippen molar-refractivity contribution in [2.24, 2.45) is 11.1 Å². The number of halogens is 3. The lowest BCUT2D eigenvalue weighted by Gasteiger charge is -2.32. The predicted octanol–water partition coefficient (Wildman–Crippen LogP) is 0.970. The Bertz CT molecular complexity index is 279. The van der Waals surface area contributed by atoms with Crippen LogP contribution in [0, 0.1) is 5.41 Å². The standard InChI is InChI=1S/C11H22F3N3O/c1-8(9(18)16-6-11(12,13)14)17(4)7-10(2,3)5-15/h8H,5-7,15H2,1-4H3,(H,16,18). The van der Waals surface area contributed by atoms with Gasteiger partial charge in [0.1, 0.15) is 6.54 Å². The lowest BCUT2D eigenvalue weighted by Crippen LogP contribution is -2.49. The van der Waals surface area contributed by atoms with E-state index in [0.29, 0.717) is 13.1 Å². The van der Waals surface area contributed by atoms with E-state index in [2.05, 4.69) is 0 Å². The van der Waals surface area contributed by atoms with Crippen molar-refractivity contribution in [1.29, 1.82) is 0 Å². The molecule has 0 rings (SSSR count). The molecule has 4 nitrogen and oxygen atoms in total. The average molecular weight is 269 g/mol. The highest BCUT2D eigenvalue weighted by molar-refractivity contribution is 5.81. The molecule has 0 saturated heterocycles.